The highest BCUT2D eigenvalue weighted by atomic mass is 16.5. The molecule has 0 saturated heterocycles. The molecule has 4 nitrogen and oxygen atoms in total. The van der Waals surface area contributed by atoms with Crippen molar-refractivity contribution in [1.82, 2.24) is 0 Å². The summed E-state index contributed by atoms with van der Waals surface area (Å²) in [6.07, 6.45) is 3.51. The van der Waals surface area contributed by atoms with Crippen LogP contribution in [-0.4, -0.2) is 24.0 Å². The second-order valence-corrected chi connectivity index (χ2v) is 3.52. The van der Waals surface area contributed by atoms with Gasteiger partial charge in [0.05, 0.1) is 19.1 Å². The van der Waals surface area contributed by atoms with Crippen LogP contribution >= 0.6 is 0 Å². The SMILES string of the molecule is COC(=O)CC=Cc1ccc(O)c(C(C)=O)c1. The molecule has 0 fully saturated rings. The van der Waals surface area contributed by atoms with Gasteiger partial charge >= 0.3 is 5.97 Å². The van der Waals surface area contributed by atoms with Gasteiger partial charge in [-0.1, -0.05) is 18.2 Å². The van der Waals surface area contributed by atoms with E-state index >= 15 is 0 Å². The van der Waals surface area contributed by atoms with Gasteiger partial charge in [-0.15, -0.1) is 0 Å². The van der Waals surface area contributed by atoms with Gasteiger partial charge in [0.15, 0.2) is 5.78 Å². The molecule has 1 rings (SSSR count). The van der Waals surface area contributed by atoms with Gasteiger partial charge in [0.25, 0.3) is 0 Å². The summed E-state index contributed by atoms with van der Waals surface area (Å²) in [5, 5.41) is 9.44. The summed E-state index contributed by atoms with van der Waals surface area (Å²) in [7, 11) is 1.32. The second kappa shape index (κ2) is 5.84. The normalized spacial score (nSPS) is 10.5. The van der Waals surface area contributed by atoms with Crippen LogP contribution < -0.4 is 0 Å². The third kappa shape index (κ3) is 3.75. The van der Waals surface area contributed by atoms with E-state index in [1.54, 1.807) is 24.3 Å². The molecule has 0 aromatic heterocycles. The van der Waals surface area contributed by atoms with Gasteiger partial charge in [0, 0.05) is 0 Å². The summed E-state index contributed by atoms with van der Waals surface area (Å²) >= 11 is 0. The summed E-state index contributed by atoms with van der Waals surface area (Å²) in [5.74, 6) is -0.569. The molecule has 1 N–H and O–H groups in total. The summed E-state index contributed by atoms with van der Waals surface area (Å²) in [6, 6.07) is 4.69. The van der Waals surface area contributed by atoms with Gasteiger partial charge in [0.2, 0.25) is 0 Å². The number of carbonyl (C=O) groups is 2. The fourth-order valence-corrected chi connectivity index (χ4v) is 1.31. The number of methoxy groups -OCH3 is 1. The summed E-state index contributed by atoms with van der Waals surface area (Å²) in [4.78, 5) is 22.1. The topological polar surface area (TPSA) is 63.6 Å². The van der Waals surface area contributed by atoms with Crippen LogP contribution in [0.5, 0.6) is 5.75 Å². The maximum absolute atomic E-state index is 11.2. The van der Waals surface area contributed by atoms with Crippen LogP contribution in [0.1, 0.15) is 29.3 Å². The molecule has 0 saturated carbocycles. The smallest absolute Gasteiger partial charge is 0.309 e. The highest BCUT2D eigenvalue weighted by Crippen LogP contribution is 2.19. The predicted molar refractivity (Wildman–Crippen MR) is 63.8 cm³/mol. The van der Waals surface area contributed by atoms with Crippen molar-refractivity contribution in [2.45, 2.75) is 13.3 Å². The van der Waals surface area contributed by atoms with Gasteiger partial charge in [-0.2, -0.15) is 0 Å². The number of hydrogen-bond acceptors (Lipinski definition) is 4. The summed E-state index contributed by atoms with van der Waals surface area (Å²) in [6.45, 7) is 1.39. The first-order valence-electron chi connectivity index (χ1n) is 5.12. The molecule has 0 aliphatic carbocycles. The van der Waals surface area contributed by atoms with Crippen LogP contribution in [0.25, 0.3) is 6.08 Å². The minimum absolute atomic E-state index is 0.0392. The number of rotatable bonds is 4. The largest absolute Gasteiger partial charge is 0.507 e. The average Bonchev–Trinajstić information content (AvgIpc) is 2.30. The maximum Gasteiger partial charge on any atom is 0.309 e. The highest BCUT2D eigenvalue weighted by Gasteiger charge is 2.06. The molecule has 0 heterocycles. The molecule has 0 aliphatic rings. The molecule has 4 heteroatoms. The van der Waals surface area contributed by atoms with Crippen LogP contribution in [0.15, 0.2) is 24.3 Å². The number of aromatic hydroxyl groups is 1. The molecule has 0 amide bonds. The molecule has 1 aromatic rings. The second-order valence-electron chi connectivity index (χ2n) is 3.52. The Morgan fingerprint density at radius 1 is 1.41 bits per heavy atom. The van der Waals surface area contributed by atoms with E-state index in [9.17, 15) is 14.7 Å². The molecule has 90 valence electrons. The van der Waals surface area contributed by atoms with Crippen LogP contribution in [0, 0.1) is 0 Å². The molecule has 0 bridgehead atoms. The van der Waals surface area contributed by atoms with Crippen LogP contribution in [0.4, 0.5) is 0 Å². The minimum atomic E-state index is -0.327. The van der Waals surface area contributed by atoms with Gasteiger partial charge < -0.3 is 9.84 Å². The zero-order valence-corrected chi connectivity index (χ0v) is 9.77. The van der Waals surface area contributed by atoms with E-state index in [1.165, 1.54) is 20.1 Å². The Morgan fingerprint density at radius 2 is 2.12 bits per heavy atom. The number of hydrogen-bond donors (Lipinski definition) is 1. The lowest BCUT2D eigenvalue weighted by molar-refractivity contribution is -0.139. The Kier molecular flexibility index (Phi) is 4.46. The first kappa shape index (κ1) is 13.0. The number of esters is 1. The lowest BCUT2D eigenvalue weighted by atomic mass is 10.1. The van der Waals surface area contributed by atoms with E-state index in [2.05, 4.69) is 4.74 Å². The molecule has 1 aromatic carbocycles. The van der Waals surface area contributed by atoms with Crippen molar-refractivity contribution in [2.24, 2.45) is 0 Å². The van der Waals surface area contributed by atoms with E-state index in [0.29, 0.717) is 0 Å². The fourth-order valence-electron chi connectivity index (χ4n) is 1.31. The standard InChI is InChI=1S/C13H14O4/c1-9(14)11-8-10(6-7-12(11)15)4-3-5-13(16)17-2/h3-4,6-8,15H,5H2,1-2H3. The first-order valence-corrected chi connectivity index (χ1v) is 5.12. The number of phenols is 1. The Balaban J connectivity index is 2.82. The van der Waals surface area contributed by atoms with Crippen molar-refractivity contribution in [3.63, 3.8) is 0 Å². The Bertz CT molecular complexity index is 460. The first-order chi connectivity index (χ1) is 8.04. The van der Waals surface area contributed by atoms with Crippen molar-refractivity contribution < 1.29 is 19.4 Å². The number of carbonyl (C=O) groups excluding carboxylic acids is 2. The van der Waals surface area contributed by atoms with Crippen LogP contribution in [-0.2, 0) is 9.53 Å². The number of benzene rings is 1. The molecule has 0 radical (unpaired) electrons. The quantitative estimate of drug-likeness (QED) is 0.640. The lowest BCUT2D eigenvalue weighted by Gasteiger charge is -2.01. The Labute approximate surface area is 99.5 Å². The number of Topliss-reactive ketones (excluding diaryl/α,β-unsaturated/α-hetero) is 1. The third-order valence-electron chi connectivity index (χ3n) is 2.22. The maximum atomic E-state index is 11.2. The number of phenolic OH excluding ortho intramolecular Hbond substituents is 1. The van der Waals surface area contributed by atoms with Crippen molar-refractivity contribution in [3.05, 3.63) is 35.4 Å². The minimum Gasteiger partial charge on any atom is -0.507 e. The van der Waals surface area contributed by atoms with Crippen molar-refractivity contribution in [2.75, 3.05) is 7.11 Å². The Hall–Kier alpha value is -2.10. The van der Waals surface area contributed by atoms with E-state index < -0.39 is 0 Å². The molecule has 17 heavy (non-hydrogen) atoms. The molecule has 0 spiro atoms. The third-order valence-corrected chi connectivity index (χ3v) is 2.22. The number of ketones is 1. The van der Waals surface area contributed by atoms with E-state index in [-0.39, 0.29) is 29.5 Å². The number of ether oxygens (including phenoxy) is 1. The van der Waals surface area contributed by atoms with E-state index in [1.807, 2.05) is 0 Å². The van der Waals surface area contributed by atoms with Crippen molar-refractivity contribution >= 4 is 17.8 Å². The lowest BCUT2D eigenvalue weighted by Crippen LogP contribution is -1.96. The Morgan fingerprint density at radius 3 is 2.71 bits per heavy atom. The summed E-state index contributed by atoms with van der Waals surface area (Å²) < 4.78 is 4.48. The monoisotopic (exact) mass is 234 g/mol. The van der Waals surface area contributed by atoms with Gasteiger partial charge in [-0.3, -0.25) is 9.59 Å². The zero-order chi connectivity index (χ0) is 12.8. The van der Waals surface area contributed by atoms with Crippen LogP contribution in [0.2, 0.25) is 0 Å². The van der Waals surface area contributed by atoms with Gasteiger partial charge in [0.1, 0.15) is 5.75 Å². The van der Waals surface area contributed by atoms with Crippen molar-refractivity contribution in [3.8, 4) is 5.75 Å². The van der Waals surface area contributed by atoms with Gasteiger partial charge in [-0.25, -0.2) is 0 Å². The molecular weight excluding hydrogens is 220 g/mol. The average molecular weight is 234 g/mol. The van der Waals surface area contributed by atoms with E-state index in [0.717, 1.165) is 5.56 Å². The van der Waals surface area contributed by atoms with Crippen LogP contribution in [0.3, 0.4) is 0 Å². The zero-order valence-electron chi connectivity index (χ0n) is 9.77. The molecular formula is C13H14O4. The fraction of sp³-hybridized carbons (Fsp3) is 0.231. The molecule has 0 aliphatic heterocycles. The summed E-state index contributed by atoms with van der Waals surface area (Å²) in [5.41, 5.74) is 1.02. The predicted octanol–water partition coefficient (Wildman–Crippen LogP) is 2.17. The van der Waals surface area contributed by atoms with Crippen molar-refractivity contribution in [1.29, 1.82) is 0 Å². The van der Waals surface area contributed by atoms with Gasteiger partial charge in [-0.05, 0) is 24.6 Å². The van der Waals surface area contributed by atoms with E-state index in [4.69, 9.17) is 0 Å². The highest BCUT2D eigenvalue weighted by molar-refractivity contribution is 5.97. The molecule has 0 atom stereocenters. The molecule has 0 unspecified atom stereocenters.